The molecular weight excluding hydrogens is 504 g/mol. The van der Waals surface area contributed by atoms with Crippen molar-refractivity contribution in [2.24, 2.45) is 44.6 Å². The van der Waals surface area contributed by atoms with Gasteiger partial charge < -0.3 is 49.7 Å². The Hall–Kier alpha value is -3.27. The van der Waals surface area contributed by atoms with Crippen LogP contribution in [0.4, 0.5) is 0 Å². The van der Waals surface area contributed by atoms with Gasteiger partial charge >= 0.3 is 5.97 Å². The molecule has 0 bridgehead atoms. The first kappa shape index (κ1) is 33.7. The maximum absolute atomic E-state index is 13.1. The van der Waals surface area contributed by atoms with Crippen LogP contribution in [-0.4, -0.2) is 83.7 Å². The number of rotatable bonds is 18. The van der Waals surface area contributed by atoms with E-state index in [-0.39, 0.29) is 49.4 Å². The van der Waals surface area contributed by atoms with Crippen LogP contribution in [0.5, 0.6) is 0 Å². The summed E-state index contributed by atoms with van der Waals surface area (Å²) in [6, 6.07) is -4.24. The lowest BCUT2D eigenvalue weighted by molar-refractivity contribution is -0.141. The molecule has 0 aliphatic heterocycles. The maximum Gasteiger partial charge on any atom is 0.327 e. The Morgan fingerprint density at radius 3 is 1.70 bits per heavy atom. The molecule has 14 N–H and O–H groups in total. The molecule has 0 saturated carbocycles. The fraction of sp³-hybridized carbons (Fsp3) is 0.714. The van der Waals surface area contributed by atoms with E-state index in [1.165, 1.54) is 0 Å². The highest BCUT2D eigenvalue weighted by Gasteiger charge is 2.30. The summed E-state index contributed by atoms with van der Waals surface area (Å²) < 4.78 is 0. The predicted octanol–water partition coefficient (Wildman–Crippen LogP) is -3.06. The number of hydrogen-bond acceptors (Lipinski definition) is 8. The lowest BCUT2D eigenvalue weighted by Gasteiger charge is -2.26. The van der Waals surface area contributed by atoms with E-state index < -0.39 is 47.9 Å². The number of guanidine groups is 2. The van der Waals surface area contributed by atoms with Crippen LogP contribution >= 0.6 is 12.6 Å². The first-order valence-electron chi connectivity index (χ1n) is 11.9. The van der Waals surface area contributed by atoms with E-state index in [0.29, 0.717) is 19.4 Å². The molecule has 0 rings (SSSR count). The van der Waals surface area contributed by atoms with Gasteiger partial charge in [0.1, 0.15) is 18.1 Å². The number of amides is 3. The van der Waals surface area contributed by atoms with Crippen molar-refractivity contribution in [3.8, 4) is 0 Å². The number of thiol groups is 1. The van der Waals surface area contributed by atoms with Gasteiger partial charge in [-0.05, 0) is 38.0 Å². The zero-order valence-corrected chi connectivity index (χ0v) is 22.2. The molecule has 0 aliphatic carbocycles. The number of carboxylic acids is 1. The van der Waals surface area contributed by atoms with Crippen molar-refractivity contribution in [1.29, 1.82) is 0 Å². The monoisotopic (exact) mass is 546 g/mol. The Kier molecular flexibility index (Phi) is 16.5. The van der Waals surface area contributed by atoms with Gasteiger partial charge in [-0.15, -0.1) is 0 Å². The molecule has 4 atom stereocenters. The molecule has 212 valence electrons. The highest BCUT2D eigenvalue weighted by Crippen LogP contribution is 2.08. The van der Waals surface area contributed by atoms with Gasteiger partial charge in [0.15, 0.2) is 11.9 Å². The van der Waals surface area contributed by atoms with Crippen molar-refractivity contribution in [2.45, 2.75) is 70.1 Å². The lowest BCUT2D eigenvalue weighted by Crippen LogP contribution is -2.57. The minimum absolute atomic E-state index is 0.0175. The predicted molar refractivity (Wildman–Crippen MR) is 145 cm³/mol. The summed E-state index contributed by atoms with van der Waals surface area (Å²) in [7, 11) is 0. The molecule has 3 amide bonds. The van der Waals surface area contributed by atoms with E-state index in [0.717, 1.165) is 0 Å². The fourth-order valence-electron chi connectivity index (χ4n) is 3.13. The van der Waals surface area contributed by atoms with E-state index in [4.69, 9.17) is 28.7 Å². The van der Waals surface area contributed by atoms with Gasteiger partial charge in [0.05, 0.1) is 6.04 Å². The van der Waals surface area contributed by atoms with Crippen molar-refractivity contribution in [3.05, 3.63) is 0 Å². The molecule has 0 fully saturated rings. The number of nitrogens with one attached hydrogen (secondary N) is 3. The third-order valence-electron chi connectivity index (χ3n) is 5.02. The topological polar surface area (TPSA) is 279 Å². The maximum atomic E-state index is 13.1. The van der Waals surface area contributed by atoms with Gasteiger partial charge in [0.2, 0.25) is 17.7 Å². The molecule has 0 spiro atoms. The first-order valence-corrected chi connectivity index (χ1v) is 12.5. The summed E-state index contributed by atoms with van der Waals surface area (Å²) in [5.41, 5.74) is 27.1. The summed E-state index contributed by atoms with van der Waals surface area (Å²) in [5, 5.41) is 16.8. The number of aliphatic carboxylic acids is 1. The Labute approximate surface area is 222 Å². The molecule has 0 saturated heterocycles. The average molecular weight is 547 g/mol. The standard InChI is InChI=1S/C21H42N10O5S/c1-11(2)9-14(30-16(32)12(22)5-3-7-27-20(23)24)18(34)29-13(6-4-8-28-21(25)26)17(33)31-15(10-37)19(35)36/h11-15,37H,3-10,22H2,1-2H3,(H,29,34)(H,30,32)(H,31,33)(H,35,36)(H4,23,24,27)(H4,25,26,28). The molecule has 0 aromatic rings. The molecule has 0 heterocycles. The van der Waals surface area contributed by atoms with Crippen molar-refractivity contribution in [3.63, 3.8) is 0 Å². The number of carboxylic acid groups (broad SMARTS) is 1. The fourth-order valence-corrected chi connectivity index (χ4v) is 3.38. The summed E-state index contributed by atoms with van der Waals surface area (Å²) in [6.45, 7) is 4.23. The molecule has 15 nitrogen and oxygen atoms in total. The number of hydrogen-bond donors (Lipinski definition) is 10. The van der Waals surface area contributed by atoms with Crippen molar-refractivity contribution in [2.75, 3.05) is 18.8 Å². The van der Waals surface area contributed by atoms with E-state index >= 15 is 0 Å². The van der Waals surface area contributed by atoms with Crippen LogP contribution in [0.25, 0.3) is 0 Å². The smallest absolute Gasteiger partial charge is 0.327 e. The zero-order chi connectivity index (χ0) is 28.5. The quantitative estimate of drug-likeness (QED) is 0.0358. The molecule has 0 aromatic heterocycles. The Morgan fingerprint density at radius 2 is 1.24 bits per heavy atom. The zero-order valence-electron chi connectivity index (χ0n) is 21.4. The lowest BCUT2D eigenvalue weighted by atomic mass is 10.0. The largest absolute Gasteiger partial charge is 0.480 e. The van der Waals surface area contributed by atoms with Crippen molar-refractivity contribution >= 4 is 48.2 Å². The van der Waals surface area contributed by atoms with E-state index in [1.807, 2.05) is 13.8 Å². The Balaban J connectivity index is 5.45. The molecule has 16 heteroatoms. The van der Waals surface area contributed by atoms with Crippen LogP contribution in [0, 0.1) is 5.92 Å². The minimum Gasteiger partial charge on any atom is -0.480 e. The average Bonchev–Trinajstić information content (AvgIpc) is 2.80. The van der Waals surface area contributed by atoms with E-state index in [2.05, 4.69) is 38.6 Å². The van der Waals surface area contributed by atoms with Crippen LogP contribution in [0.2, 0.25) is 0 Å². The Bertz CT molecular complexity index is 816. The van der Waals surface area contributed by atoms with Crippen LogP contribution in [0.1, 0.15) is 46.0 Å². The van der Waals surface area contributed by atoms with Gasteiger partial charge in [-0.1, -0.05) is 13.8 Å². The van der Waals surface area contributed by atoms with Crippen molar-refractivity contribution < 1.29 is 24.3 Å². The number of carbonyl (C=O) groups is 4. The number of nitrogens with two attached hydrogens (primary N) is 5. The third-order valence-corrected chi connectivity index (χ3v) is 5.39. The van der Waals surface area contributed by atoms with Gasteiger partial charge in [-0.2, -0.15) is 12.6 Å². The van der Waals surface area contributed by atoms with Crippen molar-refractivity contribution in [1.82, 2.24) is 16.0 Å². The van der Waals surface area contributed by atoms with Gasteiger partial charge in [0, 0.05) is 18.8 Å². The summed E-state index contributed by atoms with van der Waals surface area (Å²) in [6.07, 6.45) is 1.45. The van der Waals surface area contributed by atoms with Crippen LogP contribution in [0.15, 0.2) is 9.98 Å². The second-order valence-corrected chi connectivity index (χ2v) is 9.20. The van der Waals surface area contributed by atoms with E-state index in [1.54, 1.807) is 0 Å². The molecule has 4 unspecified atom stereocenters. The number of carbonyl (C=O) groups excluding carboxylic acids is 3. The van der Waals surface area contributed by atoms with Crippen LogP contribution in [-0.2, 0) is 19.2 Å². The number of nitrogens with zero attached hydrogens (tertiary/aromatic N) is 2. The minimum atomic E-state index is -1.27. The molecular formula is C21H42N10O5S. The second-order valence-electron chi connectivity index (χ2n) is 8.84. The normalized spacial score (nSPS) is 14.0. The SMILES string of the molecule is CC(C)CC(NC(=O)C(N)CCCN=C(N)N)C(=O)NC(CCCN=C(N)N)C(=O)NC(CS)C(=O)O. The van der Waals surface area contributed by atoms with Crippen LogP contribution in [0.3, 0.4) is 0 Å². The van der Waals surface area contributed by atoms with E-state index in [9.17, 15) is 24.3 Å². The second kappa shape index (κ2) is 18.0. The molecule has 0 aliphatic rings. The highest BCUT2D eigenvalue weighted by atomic mass is 32.1. The van der Waals surface area contributed by atoms with Gasteiger partial charge in [-0.3, -0.25) is 24.4 Å². The summed E-state index contributed by atoms with van der Waals surface area (Å²) in [4.78, 5) is 57.5. The third kappa shape index (κ3) is 15.4. The van der Waals surface area contributed by atoms with Gasteiger partial charge in [0.25, 0.3) is 0 Å². The van der Waals surface area contributed by atoms with Crippen LogP contribution < -0.4 is 44.6 Å². The molecule has 0 radical (unpaired) electrons. The highest BCUT2D eigenvalue weighted by molar-refractivity contribution is 7.80. The summed E-state index contributed by atoms with van der Waals surface area (Å²) in [5.74, 6) is -3.46. The molecule has 0 aromatic carbocycles. The summed E-state index contributed by atoms with van der Waals surface area (Å²) >= 11 is 3.94. The number of aliphatic imine (C=N–C) groups is 2. The van der Waals surface area contributed by atoms with Gasteiger partial charge in [-0.25, -0.2) is 4.79 Å². The Morgan fingerprint density at radius 1 is 0.784 bits per heavy atom. The first-order chi connectivity index (χ1) is 17.3. The molecule has 37 heavy (non-hydrogen) atoms.